The maximum Gasteiger partial charge on any atom is 1.00 e. The molecule has 0 saturated carbocycles. The summed E-state index contributed by atoms with van der Waals surface area (Å²) in [6, 6.07) is 33.3. The third-order valence-electron chi connectivity index (χ3n) is 12.1. The Balaban J connectivity index is -0.0000000777. The van der Waals surface area contributed by atoms with Gasteiger partial charge < -0.3 is 77.1 Å². The van der Waals surface area contributed by atoms with Crippen molar-refractivity contribution in [2.45, 2.75) is 103 Å². The molecule has 50 heteroatoms. The maximum atomic E-state index is 11.8. The third kappa shape index (κ3) is 43.9. The average Bonchev–Trinajstić information content (AvgIpc) is 0.720. The molecule has 21 N–H and O–H groups in total. The van der Waals surface area contributed by atoms with E-state index >= 15 is 0 Å². The molecule has 0 radical (unpaired) electrons. The Kier molecular flexibility index (Phi) is 85.7. The third-order valence-corrected chi connectivity index (χ3v) is 17.4. The van der Waals surface area contributed by atoms with Gasteiger partial charge in [0.25, 0.3) is 32.6 Å². The smallest absolute Gasteiger partial charge is 1.00 e. The number of benzene rings is 6. The predicted molar refractivity (Wildman–Crippen MR) is 438 cm³/mol. The van der Waals surface area contributed by atoms with E-state index in [1.807, 2.05) is 113 Å². The number of phenolic OH excluding ortho intramolecular Hbond substituents is 4. The fraction of sp³-hybridized carbons (Fsp3) is 0.176. The predicted octanol–water partition coefficient (Wildman–Crippen LogP) is -14.7. The monoisotopic (exact) mass is 2370 g/mol. The molecule has 0 fully saturated rings. The van der Waals surface area contributed by atoms with E-state index in [1.54, 1.807) is 30.3 Å². The molecule has 0 saturated heterocycles. The van der Waals surface area contributed by atoms with Gasteiger partial charge >= 0.3 is 465 Å². The van der Waals surface area contributed by atoms with Gasteiger partial charge in [0.15, 0.2) is 23.0 Å². The van der Waals surface area contributed by atoms with Crippen molar-refractivity contribution in [3.05, 3.63) is 261 Å². The Morgan fingerprint density at radius 3 is 0.754 bits per heavy atom. The zero-order chi connectivity index (χ0) is 86.0. The number of primary sulfonamides is 3. The summed E-state index contributed by atoms with van der Waals surface area (Å²) in [4.78, 5) is 106. The van der Waals surface area contributed by atoms with Crippen molar-refractivity contribution in [3.63, 3.8) is 0 Å². The summed E-state index contributed by atoms with van der Waals surface area (Å²) < 4.78 is 88.9. The van der Waals surface area contributed by atoms with Gasteiger partial charge in [-0.15, -0.1) is 0 Å². The number of nitrogens with two attached hydrogens (primary N) is 5. The molecule has 0 aromatic heterocycles. The van der Waals surface area contributed by atoms with Crippen molar-refractivity contribution in [1.82, 2.24) is 0 Å². The van der Waals surface area contributed by atoms with Gasteiger partial charge in [-0.2, -0.15) is 0 Å². The number of hydrogen-bond donors (Lipinski definition) is 15. The fourth-order valence-corrected chi connectivity index (χ4v) is 10.5. The fourth-order valence-electron chi connectivity index (χ4n) is 7.12. The number of nitrogen functional groups attached to an aromatic ring is 2. The Morgan fingerprint density at radius 1 is 0.288 bits per heavy atom. The van der Waals surface area contributed by atoms with E-state index < -0.39 is 148 Å². The summed E-state index contributed by atoms with van der Waals surface area (Å²) in [5, 5.41) is 85.9. The number of sulfonamides is 4. The second kappa shape index (κ2) is 71.2. The van der Waals surface area contributed by atoms with E-state index in [4.69, 9.17) is 93.7 Å². The van der Waals surface area contributed by atoms with Crippen LogP contribution in [-0.4, -0.2) is 64.3 Å². The molecule has 0 amide bonds. The zero-order valence-corrected chi connectivity index (χ0v) is 114. The summed E-state index contributed by atoms with van der Waals surface area (Å²) in [5.41, 5.74) is 2.99. The van der Waals surface area contributed by atoms with Gasteiger partial charge in [0, 0.05) is 11.4 Å². The second-order valence-corrected chi connectivity index (χ2v) is 26.4. The van der Waals surface area contributed by atoms with Gasteiger partial charge in [-0.25, -0.2) is 49.1 Å². The summed E-state index contributed by atoms with van der Waals surface area (Å²) in [6.45, 7) is 24.0. The van der Waals surface area contributed by atoms with E-state index in [0.29, 0.717) is 5.69 Å². The molecule has 11 rings (SSSR count). The molecule has 0 aliphatic heterocycles. The molecule has 11 aromatic rings. The van der Waals surface area contributed by atoms with Crippen molar-refractivity contribution in [3.8, 4) is 34.5 Å². The average molecular weight is 2380 g/mol. The van der Waals surface area contributed by atoms with E-state index in [1.165, 1.54) is 48.5 Å². The van der Waals surface area contributed by atoms with Gasteiger partial charge in [0.2, 0.25) is 63.3 Å². The normalized spacial score (nSPS) is 9.53. The van der Waals surface area contributed by atoms with Crippen LogP contribution in [0.4, 0.5) is 56.9 Å². The first-order chi connectivity index (χ1) is 51.4. The molecule has 0 aliphatic carbocycles. The van der Waals surface area contributed by atoms with E-state index in [2.05, 4.69) is 21.3 Å². The van der Waals surface area contributed by atoms with Crippen LogP contribution in [0.15, 0.2) is 201 Å². The van der Waals surface area contributed by atoms with Gasteiger partial charge in [0.05, 0.1) is 27.6 Å². The first-order valence-electron chi connectivity index (χ1n) is 31.6. The van der Waals surface area contributed by atoms with Gasteiger partial charge in [-0.1, -0.05) is 190 Å². The Labute approximate surface area is 1100 Å². The Bertz CT molecular complexity index is 5570. The van der Waals surface area contributed by atoms with Crippen molar-refractivity contribution in [2.75, 3.05) is 32.7 Å². The molecular weight excluding hydrogens is 2290 g/mol. The van der Waals surface area contributed by atoms with Crippen molar-refractivity contribution in [1.29, 1.82) is 0 Å². The molecule has 0 heterocycles. The Hall–Kier alpha value is 3.56. The first kappa shape index (κ1) is 142. The van der Waals surface area contributed by atoms with Gasteiger partial charge in [-0.3, -0.25) is 47.9 Å². The number of halogens is 4. The van der Waals surface area contributed by atoms with Gasteiger partial charge in [0.1, 0.15) is 67.5 Å². The summed E-state index contributed by atoms with van der Waals surface area (Å²) in [6.07, 6.45) is 0. The molecule has 0 unspecified atom stereocenters. The molecule has 0 atom stereocenters. The van der Waals surface area contributed by atoms with Crippen molar-refractivity contribution in [2.24, 2.45) is 15.4 Å². The van der Waals surface area contributed by atoms with Gasteiger partial charge in [-0.05, 0) is 72.8 Å². The molecule has 0 aliphatic rings. The van der Waals surface area contributed by atoms with Crippen LogP contribution in [0.1, 0.15) is 91.6 Å². The van der Waals surface area contributed by atoms with Crippen molar-refractivity contribution >= 4 is 143 Å². The van der Waals surface area contributed by atoms with Crippen LogP contribution in [0.25, 0.3) is 5.14 Å². The summed E-state index contributed by atoms with van der Waals surface area (Å²) in [7, 11) is -16.5. The molecule has 118 heavy (non-hydrogen) atoms. The minimum absolute atomic E-state index is 0. The van der Waals surface area contributed by atoms with Crippen molar-refractivity contribution < 1.29 is 538 Å². The number of rotatable bonds is 12. The van der Waals surface area contributed by atoms with E-state index in [9.17, 15) is 96.9 Å². The van der Waals surface area contributed by atoms with Crippen LogP contribution in [0.3, 0.4) is 0 Å². The van der Waals surface area contributed by atoms with Crippen LogP contribution < -0.4 is 568 Å². The molecule has 34 nitrogen and oxygen atoms in total. The quantitative estimate of drug-likeness (QED) is 0.0307. The van der Waals surface area contributed by atoms with E-state index in [-0.39, 0.29) is 540 Å². The largest absolute Gasteiger partial charge is 1.00 e. The summed E-state index contributed by atoms with van der Waals surface area (Å²) >= 11 is 21.3. The molecule has 0 spiro atoms. The minimum atomic E-state index is -4.14. The minimum Gasteiger partial charge on any atom is -1.00 e. The molecule has 610 valence electrons. The standard InChI is InChI=1S/C16H13N3O5S.2C10H7ClN2O5S.C6H7N2O3S.C6H7N.C4Cl2O2.C4H2O4.6C2H6.8Rb.6H/c17-25(23,24)11-8-4-7-10(14(11)20)19-13-12(15(21)16(13)22)18-9-5-2-1-3-6-9;2*11-6-7(10(16)9(6)15)13-4-2-1-3-5(8(4)14)19(12,17)18;7-4-2-1-3-5(6(4)9)12(8,10)11;7-6-4-2-1-3-5-6;2*5-1-2(6)4(8)3(1)7;6*1-2;;;;;;;;;;;;;;/h1-8,18-20H,(H2,17,23,24);2*1-3,13-14H,(H2,12,17,18);1-3H,7H2,(H2-,8,9,10,11);1-5H,7H2;;5-6H;6*1-2H3;;;;;;;;;;;;;;/q;;;-1;;;;;;;;;;8*+1;6*-1. The van der Waals surface area contributed by atoms with Crippen LogP contribution >= 0.6 is 46.4 Å². The number of phenols is 4. The van der Waals surface area contributed by atoms with Crippen LogP contribution in [-0.2, 0) is 40.1 Å². The molecule has 11 aromatic carbocycles. The van der Waals surface area contributed by atoms with Crippen LogP contribution in [0.5, 0.6) is 34.5 Å². The molecular formula is C68H85Cl4N10O24Rb8S4+. The topological polar surface area (TPSA) is 631 Å². The zero-order valence-electron chi connectivity index (χ0n) is 74.3. The first-order valence-corrected chi connectivity index (χ1v) is 39.2. The van der Waals surface area contributed by atoms with Crippen LogP contribution in [0, 0.1) is 0 Å². The number of hydrogen-bond acceptors (Lipinski definition) is 30. The number of nitrogens with one attached hydrogen (secondary N) is 5. The van der Waals surface area contributed by atoms with Crippen LogP contribution in [0.2, 0.25) is 20.1 Å². The SMILES string of the molecule is CC.CC.CC.CC.CC.CC.NS(=O)(=O)c1cccc(Nc2c(Cl)c(=O)c2=O)c1O.NS(=O)(=O)c1cccc(Nc2c(Cl)c(=O)c2=O)c1O.NS(=O)(=O)c1cccc(Nc2c(Nc3ccccc3)c(=O)c2=O)c1O.Nc1ccccc1.O=c1c(Cl)c(Cl)c1=O.O=c1c(O)c(O)c1=O.[H-].[H-].[H-].[H-].[H-].[H-].[NH-]S(=O)(=O)c1cccc(N)c1O.[Rb+].[Rb+].[Rb+].[Rb+].[Rb+].[Rb+].[Rb+].[Rb+]. The number of para-hydroxylation sites is 6. The van der Waals surface area contributed by atoms with E-state index in [0.717, 1.165) is 30.0 Å². The Morgan fingerprint density at radius 2 is 0.525 bits per heavy atom. The molecule has 0 bridgehead atoms. The summed E-state index contributed by atoms with van der Waals surface area (Å²) in [5.74, 6) is -4.16. The second-order valence-electron chi connectivity index (χ2n) is 18.8. The maximum absolute atomic E-state index is 11.8. The number of aromatic hydroxyl groups is 6. The number of anilines is 10.